The summed E-state index contributed by atoms with van der Waals surface area (Å²) in [5.74, 6) is -1.34. The van der Waals surface area contributed by atoms with Gasteiger partial charge in [-0.2, -0.15) is 0 Å². The Hall–Kier alpha value is -2.52. The van der Waals surface area contributed by atoms with Crippen LogP contribution in [0.15, 0.2) is 35.6 Å². The second-order valence-corrected chi connectivity index (χ2v) is 7.60. The molecule has 2 aromatic rings. The van der Waals surface area contributed by atoms with Gasteiger partial charge in [0.1, 0.15) is 0 Å². The lowest BCUT2D eigenvalue weighted by atomic mass is 10.2. The molecule has 1 N–H and O–H groups in total. The van der Waals surface area contributed by atoms with Crippen LogP contribution in [0.1, 0.15) is 34.2 Å². The number of halogens is 1. The summed E-state index contributed by atoms with van der Waals surface area (Å²) in [6.07, 6.45) is 1.47. The molecular formula is C16H16ClN3O5S. The number of aromatic nitrogens is 2. The molecule has 0 spiro atoms. The average molecular weight is 398 g/mol. The molecule has 26 heavy (non-hydrogen) atoms. The van der Waals surface area contributed by atoms with Gasteiger partial charge in [-0.3, -0.25) is 4.79 Å². The summed E-state index contributed by atoms with van der Waals surface area (Å²) in [7, 11) is -2.42. The fourth-order valence-electron chi connectivity index (χ4n) is 2.02. The Morgan fingerprint density at radius 2 is 1.88 bits per heavy atom. The minimum atomic E-state index is -3.69. The fourth-order valence-corrected chi connectivity index (χ4v) is 3.36. The molecule has 0 fully saturated rings. The van der Waals surface area contributed by atoms with Gasteiger partial charge in [-0.25, -0.2) is 23.2 Å². The van der Waals surface area contributed by atoms with Crippen molar-refractivity contribution in [3.05, 3.63) is 46.7 Å². The summed E-state index contributed by atoms with van der Waals surface area (Å²) in [6, 6.07) is 5.93. The molecule has 0 saturated heterocycles. The molecule has 0 unspecified atom stereocenters. The third-order valence-electron chi connectivity index (χ3n) is 3.25. The Labute approximate surface area is 155 Å². The highest BCUT2D eigenvalue weighted by atomic mass is 35.5. The first-order valence-corrected chi connectivity index (χ1v) is 9.56. The molecule has 138 valence electrons. The van der Waals surface area contributed by atoms with E-state index < -0.39 is 26.9 Å². The number of hydrogen-bond acceptors (Lipinski definition) is 7. The number of rotatable bonds is 6. The zero-order chi connectivity index (χ0) is 19.3. The van der Waals surface area contributed by atoms with Crippen molar-refractivity contribution in [3.8, 4) is 0 Å². The van der Waals surface area contributed by atoms with Crippen molar-refractivity contribution in [3.63, 3.8) is 0 Å². The van der Waals surface area contributed by atoms with Crippen LogP contribution in [-0.2, 0) is 14.6 Å². The fraction of sp³-hybridized carbons (Fsp3) is 0.250. The molecule has 0 atom stereocenters. The number of benzene rings is 1. The normalized spacial score (nSPS) is 11.0. The summed E-state index contributed by atoms with van der Waals surface area (Å²) < 4.78 is 28.7. The van der Waals surface area contributed by atoms with Crippen LogP contribution in [0.4, 0.5) is 5.69 Å². The lowest BCUT2D eigenvalue weighted by Crippen LogP contribution is -2.18. The molecule has 0 aliphatic carbocycles. The Bertz CT molecular complexity index is 929. The van der Waals surface area contributed by atoms with Crippen LogP contribution in [0.2, 0.25) is 5.02 Å². The van der Waals surface area contributed by atoms with E-state index in [-0.39, 0.29) is 16.5 Å². The number of nitrogens with one attached hydrogen (secondary N) is 1. The number of methoxy groups -OCH3 is 1. The van der Waals surface area contributed by atoms with E-state index in [9.17, 15) is 18.0 Å². The second kappa shape index (κ2) is 8.24. The number of esters is 1. The van der Waals surface area contributed by atoms with Crippen molar-refractivity contribution >= 4 is 39.0 Å². The van der Waals surface area contributed by atoms with Gasteiger partial charge in [0.25, 0.3) is 5.91 Å². The minimum absolute atomic E-state index is 0.0795. The van der Waals surface area contributed by atoms with E-state index in [1.54, 1.807) is 6.92 Å². The van der Waals surface area contributed by atoms with E-state index in [1.165, 1.54) is 31.4 Å². The molecule has 1 heterocycles. The number of carbonyl (C=O) groups is 2. The predicted octanol–water partition coefficient (Wildman–Crippen LogP) is 2.35. The molecular weight excluding hydrogens is 382 g/mol. The molecule has 0 aliphatic heterocycles. The lowest BCUT2D eigenvalue weighted by molar-refractivity contribution is 0.0600. The maximum Gasteiger partial charge on any atom is 0.337 e. The largest absolute Gasteiger partial charge is 0.465 e. The van der Waals surface area contributed by atoms with Crippen LogP contribution in [-0.4, -0.2) is 43.1 Å². The van der Waals surface area contributed by atoms with Gasteiger partial charge >= 0.3 is 5.97 Å². The first-order valence-electron chi connectivity index (χ1n) is 7.53. The molecule has 10 heteroatoms. The SMILES string of the molecule is CCCS(=O)(=O)c1ncc(Cl)c(C(=O)Nc2ccc(C(=O)OC)cc2)n1. The van der Waals surface area contributed by atoms with Crippen LogP contribution < -0.4 is 5.32 Å². The summed E-state index contributed by atoms with van der Waals surface area (Å²) in [6.45, 7) is 1.71. The summed E-state index contributed by atoms with van der Waals surface area (Å²) >= 11 is 5.93. The maximum absolute atomic E-state index is 12.4. The van der Waals surface area contributed by atoms with E-state index in [0.29, 0.717) is 17.7 Å². The highest BCUT2D eigenvalue weighted by molar-refractivity contribution is 7.91. The monoisotopic (exact) mass is 397 g/mol. The van der Waals surface area contributed by atoms with Crippen molar-refractivity contribution in [1.82, 2.24) is 9.97 Å². The molecule has 0 aliphatic rings. The summed E-state index contributed by atoms with van der Waals surface area (Å²) in [5, 5.41) is 2.00. The molecule has 0 saturated carbocycles. The average Bonchev–Trinajstić information content (AvgIpc) is 2.61. The van der Waals surface area contributed by atoms with E-state index in [1.807, 2.05) is 0 Å². The van der Waals surface area contributed by atoms with E-state index in [4.69, 9.17) is 11.6 Å². The van der Waals surface area contributed by atoms with Crippen molar-refractivity contribution in [1.29, 1.82) is 0 Å². The molecule has 1 amide bonds. The topological polar surface area (TPSA) is 115 Å². The molecule has 8 nitrogen and oxygen atoms in total. The van der Waals surface area contributed by atoms with Gasteiger partial charge in [0.2, 0.25) is 15.0 Å². The van der Waals surface area contributed by atoms with Crippen LogP contribution in [0.5, 0.6) is 0 Å². The van der Waals surface area contributed by atoms with Gasteiger partial charge in [-0.15, -0.1) is 0 Å². The first kappa shape index (κ1) is 19.8. The van der Waals surface area contributed by atoms with Gasteiger partial charge in [-0.1, -0.05) is 18.5 Å². The highest BCUT2D eigenvalue weighted by Crippen LogP contribution is 2.18. The van der Waals surface area contributed by atoms with Gasteiger partial charge in [0.15, 0.2) is 5.69 Å². The molecule has 0 bridgehead atoms. The Morgan fingerprint density at radius 1 is 1.23 bits per heavy atom. The van der Waals surface area contributed by atoms with E-state index >= 15 is 0 Å². The van der Waals surface area contributed by atoms with Crippen LogP contribution in [0.3, 0.4) is 0 Å². The smallest absolute Gasteiger partial charge is 0.337 e. The zero-order valence-corrected chi connectivity index (χ0v) is 15.6. The number of hydrogen-bond donors (Lipinski definition) is 1. The third kappa shape index (κ3) is 4.55. The standard InChI is InChI=1S/C16H16ClN3O5S/c1-3-8-26(23,24)16-18-9-12(17)13(20-16)14(21)19-11-6-4-10(5-7-11)15(22)25-2/h4-7,9H,3,8H2,1-2H3,(H,19,21). The molecule has 1 aromatic carbocycles. The minimum Gasteiger partial charge on any atom is -0.465 e. The second-order valence-electron chi connectivity index (χ2n) is 5.19. The number of sulfone groups is 1. The zero-order valence-electron chi connectivity index (χ0n) is 14.0. The van der Waals surface area contributed by atoms with Gasteiger partial charge in [0.05, 0.1) is 29.6 Å². The van der Waals surface area contributed by atoms with Gasteiger partial charge in [0, 0.05) is 5.69 Å². The van der Waals surface area contributed by atoms with Crippen LogP contribution >= 0.6 is 11.6 Å². The molecule has 1 aromatic heterocycles. The van der Waals surface area contributed by atoms with Crippen molar-refractivity contribution < 1.29 is 22.7 Å². The number of ether oxygens (including phenoxy) is 1. The van der Waals surface area contributed by atoms with Crippen LogP contribution in [0.25, 0.3) is 0 Å². The lowest BCUT2D eigenvalue weighted by Gasteiger charge is -2.08. The van der Waals surface area contributed by atoms with Crippen molar-refractivity contribution in [2.75, 3.05) is 18.2 Å². The van der Waals surface area contributed by atoms with Crippen LogP contribution in [0, 0.1) is 0 Å². The van der Waals surface area contributed by atoms with Gasteiger partial charge in [-0.05, 0) is 30.7 Å². The number of nitrogens with zero attached hydrogens (tertiary/aromatic N) is 2. The van der Waals surface area contributed by atoms with E-state index in [0.717, 1.165) is 6.20 Å². The van der Waals surface area contributed by atoms with E-state index in [2.05, 4.69) is 20.0 Å². The van der Waals surface area contributed by atoms with Crippen molar-refractivity contribution in [2.24, 2.45) is 0 Å². The van der Waals surface area contributed by atoms with Gasteiger partial charge < -0.3 is 10.1 Å². The number of anilines is 1. The quantitative estimate of drug-likeness (QED) is 0.587. The Morgan fingerprint density at radius 3 is 2.46 bits per heavy atom. The Kier molecular flexibility index (Phi) is 6.27. The Balaban J connectivity index is 2.25. The first-order chi connectivity index (χ1) is 12.3. The summed E-state index contributed by atoms with van der Waals surface area (Å²) in [5.41, 5.74) is 0.433. The summed E-state index contributed by atoms with van der Waals surface area (Å²) in [4.78, 5) is 31.3. The number of amides is 1. The number of carbonyl (C=O) groups excluding carboxylic acids is 2. The molecule has 0 radical (unpaired) electrons. The van der Waals surface area contributed by atoms with Crippen molar-refractivity contribution in [2.45, 2.75) is 18.5 Å². The predicted molar refractivity (Wildman–Crippen MR) is 95.1 cm³/mol. The molecule has 2 rings (SSSR count). The maximum atomic E-state index is 12.4. The highest BCUT2D eigenvalue weighted by Gasteiger charge is 2.22. The third-order valence-corrected chi connectivity index (χ3v) is 5.23.